The van der Waals surface area contributed by atoms with Crippen molar-refractivity contribution in [2.75, 3.05) is 25.5 Å². The van der Waals surface area contributed by atoms with Gasteiger partial charge in [0.1, 0.15) is 10.4 Å². The number of thiophene rings is 1. The van der Waals surface area contributed by atoms with Crippen LogP contribution >= 0.6 is 11.3 Å². The zero-order valence-corrected chi connectivity index (χ0v) is 16.6. The molecule has 0 aliphatic rings. The lowest BCUT2D eigenvalue weighted by Crippen LogP contribution is -2.28. The summed E-state index contributed by atoms with van der Waals surface area (Å²) in [6.45, 7) is 4.43. The molecule has 1 amide bonds. The molecule has 0 spiro atoms. The highest BCUT2D eigenvalue weighted by Crippen LogP contribution is 2.34. The first-order valence-electron chi connectivity index (χ1n) is 8.54. The van der Waals surface area contributed by atoms with E-state index in [9.17, 15) is 9.59 Å². The summed E-state index contributed by atoms with van der Waals surface area (Å²) in [5.41, 5.74) is 2.70. The Balaban J connectivity index is 1.94. The molecule has 0 bridgehead atoms. The molecule has 8 heteroatoms. The number of nitrogens with one attached hydrogen (secondary N) is 2. The van der Waals surface area contributed by atoms with E-state index in [2.05, 4.69) is 15.6 Å². The third kappa shape index (κ3) is 3.95. The van der Waals surface area contributed by atoms with Crippen LogP contribution in [0.15, 0.2) is 29.1 Å². The molecule has 0 fully saturated rings. The molecule has 2 aromatic heterocycles. The van der Waals surface area contributed by atoms with Gasteiger partial charge in [0.05, 0.1) is 12.6 Å². The van der Waals surface area contributed by atoms with E-state index in [0.29, 0.717) is 29.3 Å². The van der Waals surface area contributed by atoms with Crippen LogP contribution in [0.4, 0.5) is 5.95 Å². The van der Waals surface area contributed by atoms with E-state index < -0.39 is 0 Å². The fourth-order valence-electron chi connectivity index (χ4n) is 2.80. The Kier molecular flexibility index (Phi) is 5.46. The van der Waals surface area contributed by atoms with Crippen molar-refractivity contribution in [3.8, 4) is 16.2 Å². The first-order chi connectivity index (χ1) is 12.9. The van der Waals surface area contributed by atoms with E-state index in [1.54, 1.807) is 14.2 Å². The number of rotatable bonds is 6. The number of ether oxygens (including phenoxy) is 1. The van der Waals surface area contributed by atoms with Crippen LogP contribution < -0.4 is 20.9 Å². The summed E-state index contributed by atoms with van der Waals surface area (Å²) in [7, 11) is 3.33. The molecule has 142 valence electrons. The molecule has 0 aliphatic heterocycles. The summed E-state index contributed by atoms with van der Waals surface area (Å²) in [6.07, 6.45) is 0. The number of hydrogen-bond donors (Lipinski definition) is 2. The van der Waals surface area contributed by atoms with E-state index in [1.165, 1.54) is 22.8 Å². The number of fused-ring (bicyclic) bond motifs is 1. The van der Waals surface area contributed by atoms with Crippen molar-refractivity contribution in [3.05, 3.63) is 40.2 Å². The van der Waals surface area contributed by atoms with Gasteiger partial charge in [0.15, 0.2) is 0 Å². The van der Waals surface area contributed by atoms with Crippen LogP contribution in [0.25, 0.3) is 20.7 Å². The molecule has 0 saturated heterocycles. The molecule has 0 radical (unpaired) electrons. The van der Waals surface area contributed by atoms with Gasteiger partial charge in [-0.05, 0) is 42.3 Å². The summed E-state index contributed by atoms with van der Waals surface area (Å²) >= 11 is 1.44. The number of carbonyl (C=O) groups is 1. The highest BCUT2D eigenvalue weighted by Gasteiger charge is 2.14. The Labute approximate surface area is 161 Å². The van der Waals surface area contributed by atoms with Gasteiger partial charge in [0, 0.05) is 31.9 Å². The summed E-state index contributed by atoms with van der Waals surface area (Å²) in [4.78, 5) is 29.2. The smallest absolute Gasteiger partial charge is 0.272 e. The molecule has 2 heterocycles. The number of nitrogens with zero attached hydrogens (tertiary/aromatic N) is 2. The molecule has 1 aromatic carbocycles. The van der Waals surface area contributed by atoms with Gasteiger partial charge in [0.25, 0.3) is 5.56 Å². The van der Waals surface area contributed by atoms with Crippen molar-refractivity contribution in [3.63, 3.8) is 0 Å². The van der Waals surface area contributed by atoms with Gasteiger partial charge in [-0.1, -0.05) is 0 Å². The van der Waals surface area contributed by atoms with Gasteiger partial charge in [-0.2, -0.15) is 0 Å². The van der Waals surface area contributed by atoms with Crippen molar-refractivity contribution < 1.29 is 9.53 Å². The average molecular weight is 386 g/mol. The molecule has 27 heavy (non-hydrogen) atoms. The van der Waals surface area contributed by atoms with Crippen LogP contribution in [-0.4, -0.2) is 35.7 Å². The SMILES string of the molecule is COc1ccc(-c2cc3nc(NCCNC(C)=O)n(C)c(=O)c3s2)c(C)c1. The van der Waals surface area contributed by atoms with E-state index >= 15 is 0 Å². The second-order valence-corrected chi connectivity index (χ2v) is 7.27. The number of aromatic nitrogens is 2. The minimum atomic E-state index is -0.0931. The molecule has 3 rings (SSSR count). The predicted molar refractivity (Wildman–Crippen MR) is 109 cm³/mol. The Morgan fingerprint density at radius 1 is 1.30 bits per heavy atom. The zero-order chi connectivity index (χ0) is 19.6. The van der Waals surface area contributed by atoms with Crippen LogP contribution in [0.3, 0.4) is 0 Å². The van der Waals surface area contributed by atoms with E-state index in [4.69, 9.17) is 4.74 Å². The second-order valence-electron chi connectivity index (χ2n) is 6.22. The Morgan fingerprint density at radius 2 is 2.07 bits per heavy atom. The van der Waals surface area contributed by atoms with Gasteiger partial charge in [-0.25, -0.2) is 4.98 Å². The standard InChI is InChI=1S/C19H22N4O3S/c1-11-9-13(26-4)5-6-14(11)16-10-15-17(27-16)18(25)23(3)19(22-15)21-8-7-20-12(2)24/h5-6,9-10H,7-8H2,1-4H3,(H,20,24)(H,21,22). The number of methoxy groups -OCH3 is 1. The van der Waals surface area contributed by atoms with Gasteiger partial charge in [-0.15, -0.1) is 11.3 Å². The second kappa shape index (κ2) is 7.79. The molecule has 7 nitrogen and oxygen atoms in total. The van der Waals surface area contributed by atoms with Gasteiger partial charge in [-0.3, -0.25) is 14.2 Å². The number of anilines is 1. The number of benzene rings is 1. The largest absolute Gasteiger partial charge is 0.497 e. The van der Waals surface area contributed by atoms with Crippen LogP contribution in [0.5, 0.6) is 5.75 Å². The molecule has 0 unspecified atom stereocenters. The minimum Gasteiger partial charge on any atom is -0.497 e. The predicted octanol–water partition coefficient (Wildman–Crippen LogP) is 2.53. The molecular formula is C19H22N4O3S. The Morgan fingerprint density at radius 3 is 2.74 bits per heavy atom. The molecule has 0 atom stereocenters. The Bertz CT molecular complexity index is 1060. The van der Waals surface area contributed by atoms with Crippen LogP contribution in [-0.2, 0) is 11.8 Å². The first-order valence-corrected chi connectivity index (χ1v) is 9.36. The molecule has 0 saturated carbocycles. The molecule has 2 N–H and O–H groups in total. The number of amides is 1. The zero-order valence-electron chi connectivity index (χ0n) is 15.8. The van der Waals surface area contributed by atoms with E-state index in [1.807, 2.05) is 31.2 Å². The number of carbonyl (C=O) groups excluding carboxylic acids is 1. The first kappa shape index (κ1) is 18.9. The maximum absolute atomic E-state index is 12.7. The van der Waals surface area contributed by atoms with Crippen LogP contribution in [0.2, 0.25) is 0 Å². The van der Waals surface area contributed by atoms with Crippen LogP contribution in [0, 0.1) is 6.92 Å². The number of aryl methyl sites for hydroxylation is 1. The third-order valence-electron chi connectivity index (χ3n) is 4.24. The maximum Gasteiger partial charge on any atom is 0.272 e. The lowest BCUT2D eigenvalue weighted by atomic mass is 10.1. The quantitative estimate of drug-likeness (QED) is 0.636. The van der Waals surface area contributed by atoms with Crippen molar-refractivity contribution in [1.29, 1.82) is 0 Å². The van der Waals surface area contributed by atoms with Crippen molar-refractivity contribution in [2.45, 2.75) is 13.8 Å². The highest BCUT2D eigenvalue weighted by molar-refractivity contribution is 7.22. The van der Waals surface area contributed by atoms with Gasteiger partial charge >= 0.3 is 0 Å². The molecule has 0 aliphatic carbocycles. The average Bonchev–Trinajstić information content (AvgIpc) is 3.06. The topological polar surface area (TPSA) is 85.2 Å². The normalized spacial score (nSPS) is 10.8. The summed E-state index contributed by atoms with van der Waals surface area (Å²) in [5, 5.41) is 5.81. The third-order valence-corrected chi connectivity index (χ3v) is 5.38. The van der Waals surface area contributed by atoms with Crippen molar-refractivity contribution in [2.24, 2.45) is 7.05 Å². The van der Waals surface area contributed by atoms with E-state index in [-0.39, 0.29) is 11.5 Å². The maximum atomic E-state index is 12.7. The number of hydrogen-bond acceptors (Lipinski definition) is 6. The monoisotopic (exact) mass is 386 g/mol. The van der Waals surface area contributed by atoms with Crippen molar-refractivity contribution >= 4 is 33.4 Å². The summed E-state index contributed by atoms with van der Waals surface area (Å²) in [5.74, 6) is 1.19. The van der Waals surface area contributed by atoms with Gasteiger partial charge in [0.2, 0.25) is 11.9 Å². The van der Waals surface area contributed by atoms with Crippen molar-refractivity contribution in [1.82, 2.24) is 14.9 Å². The minimum absolute atomic E-state index is 0.0913. The summed E-state index contributed by atoms with van der Waals surface area (Å²) in [6, 6.07) is 7.82. The highest BCUT2D eigenvalue weighted by atomic mass is 32.1. The fourth-order valence-corrected chi connectivity index (χ4v) is 3.96. The molecular weight excluding hydrogens is 364 g/mol. The molecule has 3 aromatic rings. The van der Waals surface area contributed by atoms with Gasteiger partial charge < -0.3 is 15.4 Å². The van der Waals surface area contributed by atoms with E-state index in [0.717, 1.165) is 21.8 Å². The fraction of sp³-hybridized carbons (Fsp3) is 0.316. The Hall–Kier alpha value is -2.87. The van der Waals surface area contributed by atoms with Crippen LogP contribution in [0.1, 0.15) is 12.5 Å². The lowest BCUT2D eigenvalue weighted by Gasteiger charge is -2.09. The summed E-state index contributed by atoms with van der Waals surface area (Å²) < 4.78 is 7.38. The lowest BCUT2D eigenvalue weighted by molar-refractivity contribution is -0.118.